The summed E-state index contributed by atoms with van der Waals surface area (Å²) in [5, 5.41) is 1.94. The molecular formula is C25H24Cl2N2O5. The van der Waals surface area contributed by atoms with Gasteiger partial charge in [0.1, 0.15) is 0 Å². The number of nitrogens with zero attached hydrogens (tertiary/aromatic N) is 1. The van der Waals surface area contributed by atoms with Gasteiger partial charge in [0.2, 0.25) is 11.8 Å². The van der Waals surface area contributed by atoms with Crippen molar-refractivity contribution in [3.63, 3.8) is 0 Å². The standard InChI is InChI=1S/C25H24Cl2N2O5/c1-13-6-14(2)8-16(7-13)28-22(30)12-34-25(33)15-4-3-5-17(9-15)29-23(31)18-10-20(26)21(27)11-19(18)24(29)32/h3-9,18-21H,10-12H2,1-2H3,(H,28,30)/t18-,19-,20-,21+/m1/s1. The summed E-state index contributed by atoms with van der Waals surface area (Å²) >= 11 is 12.5. The summed E-state index contributed by atoms with van der Waals surface area (Å²) in [6.45, 7) is 3.36. The Bertz CT molecular complexity index is 1120. The number of hydrogen-bond donors (Lipinski definition) is 1. The Hall–Kier alpha value is -2.90. The summed E-state index contributed by atoms with van der Waals surface area (Å²) in [5.74, 6) is -2.94. The van der Waals surface area contributed by atoms with E-state index in [1.807, 2.05) is 32.0 Å². The van der Waals surface area contributed by atoms with Crippen LogP contribution in [-0.2, 0) is 19.1 Å². The summed E-state index contributed by atoms with van der Waals surface area (Å²) in [7, 11) is 0. The third kappa shape index (κ3) is 4.95. The Morgan fingerprint density at radius 3 is 2.15 bits per heavy atom. The lowest BCUT2D eigenvalue weighted by atomic mass is 9.80. The third-order valence-corrected chi connectivity index (χ3v) is 7.19. The van der Waals surface area contributed by atoms with Crippen molar-refractivity contribution < 1.29 is 23.9 Å². The Balaban J connectivity index is 1.42. The van der Waals surface area contributed by atoms with Crippen molar-refractivity contribution in [3.8, 4) is 0 Å². The van der Waals surface area contributed by atoms with Gasteiger partial charge in [-0.05, 0) is 68.1 Å². The van der Waals surface area contributed by atoms with Crippen LogP contribution in [0.3, 0.4) is 0 Å². The summed E-state index contributed by atoms with van der Waals surface area (Å²) in [4.78, 5) is 51.8. The molecule has 2 aromatic carbocycles. The van der Waals surface area contributed by atoms with Gasteiger partial charge >= 0.3 is 5.97 Å². The van der Waals surface area contributed by atoms with E-state index in [0.29, 0.717) is 18.5 Å². The first-order chi connectivity index (χ1) is 16.1. The molecule has 34 heavy (non-hydrogen) atoms. The van der Waals surface area contributed by atoms with Gasteiger partial charge in [-0.3, -0.25) is 19.3 Å². The molecule has 4 rings (SSSR count). The topological polar surface area (TPSA) is 92.8 Å². The number of aryl methyl sites for hydroxylation is 2. The third-order valence-electron chi connectivity index (χ3n) is 6.09. The van der Waals surface area contributed by atoms with Crippen LogP contribution in [0.15, 0.2) is 42.5 Å². The number of rotatable bonds is 5. The smallest absolute Gasteiger partial charge is 0.338 e. The number of hydrogen-bond acceptors (Lipinski definition) is 5. The summed E-state index contributed by atoms with van der Waals surface area (Å²) in [5.41, 5.74) is 3.01. The van der Waals surface area contributed by atoms with Gasteiger partial charge in [0.15, 0.2) is 6.61 Å². The largest absolute Gasteiger partial charge is 0.452 e. The number of ether oxygens (including phenoxy) is 1. The van der Waals surface area contributed by atoms with Gasteiger partial charge in [0.25, 0.3) is 5.91 Å². The molecule has 1 aliphatic carbocycles. The number of anilines is 2. The van der Waals surface area contributed by atoms with Crippen LogP contribution < -0.4 is 10.2 Å². The highest BCUT2D eigenvalue weighted by Gasteiger charge is 2.52. The highest BCUT2D eigenvalue weighted by atomic mass is 35.5. The first-order valence-corrected chi connectivity index (χ1v) is 11.8. The molecule has 1 saturated heterocycles. The van der Waals surface area contributed by atoms with Gasteiger partial charge < -0.3 is 10.1 Å². The first-order valence-electron chi connectivity index (χ1n) is 11.0. The summed E-state index contributed by atoms with van der Waals surface area (Å²) in [6, 6.07) is 11.7. The zero-order valence-corrected chi connectivity index (χ0v) is 20.2. The molecule has 0 bridgehead atoms. The van der Waals surface area contributed by atoms with Crippen molar-refractivity contribution in [3.05, 3.63) is 59.2 Å². The maximum absolute atomic E-state index is 13.0. The molecule has 0 aromatic heterocycles. The predicted molar refractivity (Wildman–Crippen MR) is 129 cm³/mol. The minimum absolute atomic E-state index is 0.123. The Kier molecular flexibility index (Phi) is 6.96. The van der Waals surface area contributed by atoms with E-state index in [1.165, 1.54) is 12.1 Å². The number of carbonyl (C=O) groups is 4. The van der Waals surface area contributed by atoms with Gasteiger partial charge in [0, 0.05) is 5.69 Å². The number of nitrogens with one attached hydrogen (secondary N) is 1. The van der Waals surface area contributed by atoms with Crippen LogP contribution in [-0.4, -0.2) is 41.1 Å². The molecule has 9 heteroatoms. The lowest BCUT2D eigenvalue weighted by molar-refractivity contribution is -0.122. The maximum Gasteiger partial charge on any atom is 0.338 e. The van der Waals surface area contributed by atoms with Crippen LogP contribution in [0.5, 0.6) is 0 Å². The van der Waals surface area contributed by atoms with Crippen LogP contribution >= 0.6 is 23.2 Å². The van der Waals surface area contributed by atoms with Gasteiger partial charge in [-0.25, -0.2) is 4.79 Å². The molecule has 1 saturated carbocycles. The molecule has 0 radical (unpaired) electrons. The van der Waals surface area contributed by atoms with Crippen molar-refractivity contribution in [2.45, 2.75) is 37.4 Å². The second kappa shape index (κ2) is 9.76. The second-order valence-electron chi connectivity index (χ2n) is 8.78. The van der Waals surface area contributed by atoms with Crippen LogP contribution in [0, 0.1) is 25.7 Å². The molecule has 2 fully saturated rings. The molecule has 1 aliphatic heterocycles. The van der Waals surface area contributed by atoms with E-state index in [9.17, 15) is 19.2 Å². The van der Waals surface area contributed by atoms with E-state index in [4.69, 9.17) is 27.9 Å². The van der Waals surface area contributed by atoms with Crippen LogP contribution in [0.2, 0.25) is 0 Å². The van der Waals surface area contributed by atoms with Gasteiger partial charge in [-0.1, -0.05) is 12.1 Å². The van der Waals surface area contributed by atoms with Crippen LogP contribution in [0.1, 0.15) is 34.3 Å². The number of amides is 3. The first kappa shape index (κ1) is 24.2. The fraction of sp³-hybridized carbons (Fsp3) is 0.360. The molecule has 4 atom stereocenters. The predicted octanol–water partition coefficient (Wildman–Crippen LogP) is 4.21. The molecule has 0 spiro atoms. The van der Waals surface area contributed by atoms with Gasteiger partial charge in [-0.2, -0.15) is 0 Å². The average Bonchev–Trinajstić information content (AvgIpc) is 3.01. The van der Waals surface area contributed by atoms with Crippen molar-refractivity contribution in [2.75, 3.05) is 16.8 Å². The quantitative estimate of drug-likeness (QED) is 0.375. The molecule has 1 heterocycles. The molecule has 2 aromatic rings. The van der Waals surface area contributed by atoms with Crippen molar-refractivity contribution in [1.29, 1.82) is 0 Å². The van der Waals surface area contributed by atoms with E-state index in [0.717, 1.165) is 16.0 Å². The second-order valence-corrected chi connectivity index (χ2v) is 9.90. The molecule has 0 unspecified atom stereocenters. The molecule has 178 valence electrons. The maximum atomic E-state index is 13.0. The van der Waals surface area contributed by atoms with Crippen molar-refractivity contribution >= 4 is 58.3 Å². The summed E-state index contributed by atoms with van der Waals surface area (Å²) < 4.78 is 5.14. The highest BCUT2D eigenvalue weighted by molar-refractivity contribution is 6.31. The normalized spacial score (nSPS) is 24.1. The minimum atomic E-state index is -0.740. The molecule has 1 N–H and O–H groups in total. The van der Waals surface area contributed by atoms with Gasteiger partial charge in [0.05, 0.1) is 33.8 Å². The van der Waals surface area contributed by atoms with E-state index in [2.05, 4.69) is 5.32 Å². The fourth-order valence-corrected chi connectivity index (χ4v) is 5.17. The minimum Gasteiger partial charge on any atom is -0.452 e. The molecular weight excluding hydrogens is 479 g/mol. The Morgan fingerprint density at radius 2 is 1.56 bits per heavy atom. The fourth-order valence-electron chi connectivity index (χ4n) is 4.58. The Labute approximate surface area is 207 Å². The number of imide groups is 1. The summed E-state index contributed by atoms with van der Waals surface area (Å²) in [6.07, 6.45) is 0.664. The van der Waals surface area contributed by atoms with E-state index < -0.39 is 30.3 Å². The average molecular weight is 503 g/mol. The van der Waals surface area contributed by atoms with E-state index in [1.54, 1.807) is 12.1 Å². The van der Waals surface area contributed by atoms with Crippen molar-refractivity contribution in [1.82, 2.24) is 0 Å². The number of carbonyl (C=O) groups excluding carboxylic acids is 4. The zero-order valence-electron chi connectivity index (χ0n) is 18.7. The number of halogens is 2. The van der Waals surface area contributed by atoms with Gasteiger partial charge in [-0.15, -0.1) is 23.2 Å². The molecule has 3 amide bonds. The highest BCUT2D eigenvalue weighted by Crippen LogP contribution is 2.43. The monoisotopic (exact) mass is 502 g/mol. The molecule has 2 aliphatic rings. The van der Waals surface area contributed by atoms with E-state index in [-0.39, 0.29) is 33.8 Å². The SMILES string of the molecule is Cc1cc(C)cc(NC(=O)COC(=O)c2cccc(N3C(=O)[C@@H]4C[C@@H](Cl)[C@@H](Cl)C[C@H]4C3=O)c2)c1. The van der Waals surface area contributed by atoms with E-state index >= 15 is 0 Å². The number of benzene rings is 2. The zero-order chi connectivity index (χ0) is 24.6. The van der Waals surface area contributed by atoms with Crippen LogP contribution in [0.25, 0.3) is 0 Å². The number of fused-ring (bicyclic) bond motifs is 1. The molecule has 7 nitrogen and oxygen atoms in total. The Morgan fingerprint density at radius 1 is 0.971 bits per heavy atom. The van der Waals surface area contributed by atoms with Crippen LogP contribution in [0.4, 0.5) is 11.4 Å². The van der Waals surface area contributed by atoms with Crippen molar-refractivity contribution in [2.24, 2.45) is 11.8 Å². The lowest BCUT2D eigenvalue weighted by Gasteiger charge is -2.28. The number of alkyl halides is 2. The lowest BCUT2D eigenvalue weighted by Crippen LogP contribution is -2.34. The number of esters is 1.